The van der Waals surface area contributed by atoms with Crippen LogP contribution in [0.4, 0.5) is 0 Å². The van der Waals surface area contributed by atoms with Gasteiger partial charge < -0.3 is 14.0 Å². The smallest absolute Gasteiger partial charge is 0.322 e. The molecule has 0 amide bonds. The Morgan fingerprint density at radius 1 is 1.03 bits per heavy atom. The number of carboxylic acids is 1. The zero-order valence-electron chi connectivity index (χ0n) is 18.0. The quantitative estimate of drug-likeness (QED) is 0.422. The topological polar surface area (TPSA) is 136 Å². The monoisotopic (exact) mass is 457 g/mol. The largest absolute Gasteiger partial charge is 0.480 e. The van der Waals surface area contributed by atoms with Crippen molar-refractivity contribution in [1.29, 1.82) is 0 Å². The summed E-state index contributed by atoms with van der Waals surface area (Å²) in [6, 6.07) is 8.70. The Labute approximate surface area is 184 Å². The van der Waals surface area contributed by atoms with Crippen molar-refractivity contribution in [2.75, 3.05) is 0 Å². The molecule has 0 aliphatic rings. The molecule has 0 saturated heterocycles. The summed E-state index contributed by atoms with van der Waals surface area (Å²) in [6.07, 6.45) is 0. The molecule has 168 valence electrons. The summed E-state index contributed by atoms with van der Waals surface area (Å²) < 4.78 is 39.0. The highest BCUT2D eigenvalue weighted by atomic mass is 32.2. The molecule has 9 nitrogen and oxygen atoms in total. The Kier molecular flexibility index (Phi) is 5.51. The number of fused-ring (bicyclic) bond motifs is 3. The molecule has 0 saturated carbocycles. The molecule has 2 heterocycles. The fourth-order valence-electron chi connectivity index (χ4n) is 3.36. The average Bonchev–Trinajstić information content (AvgIpc) is 3.35. The van der Waals surface area contributed by atoms with Crippen LogP contribution in [0, 0.1) is 5.92 Å². The van der Waals surface area contributed by atoms with Crippen molar-refractivity contribution in [2.24, 2.45) is 5.92 Å². The van der Waals surface area contributed by atoms with Crippen LogP contribution in [0.5, 0.6) is 0 Å². The fraction of sp³-hybridized carbons (Fsp3) is 0.318. The van der Waals surface area contributed by atoms with Gasteiger partial charge in [0.15, 0.2) is 0 Å². The molecule has 10 heteroatoms. The lowest BCUT2D eigenvalue weighted by Gasteiger charge is -2.17. The standard InChI is InChI=1S/C22H23N3O6S/c1-11(2)19(22(26)27)25-32(28,29)14-6-8-16-15-7-5-13(9-17(15)30-18(16)10-14)20-23-21(12(3)4)31-24-20/h5-12,19,25H,1-4H3,(H,26,27). The molecule has 0 bridgehead atoms. The van der Waals surface area contributed by atoms with Gasteiger partial charge >= 0.3 is 5.97 Å². The van der Waals surface area contributed by atoms with Crippen molar-refractivity contribution in [3.8, 4) is 11.4 Å². The Morgan fingerprint density at radius 2 is 1.69 bits per heavy atom. The third-order valence-corrected chi connectivity index (χ3v) is 6.60. The van der Waals surface area contributed by atoms with Gasteiger partial charge in [-0.1, -0.05) is 38.9 Å². The number of nitrogens with zero attached hydrogens (tertiary/aromatic N) is 2. The molecule has 0 fully saturated rings. The van der Waals surface area contributed by atoms with Crippen LogP contribution in [0.25, 0.3) is 33.3 Å². The highest BCUT2D eigenvalue weighted by Crippen LogP contribution is 2.33. The lowest BCUT2D eigenvalue weighted by atomic mass is 10.1. The van der Waals surface area contributed by atoms with Crippen LogP contribution in [-0.4, -0.2) is 35.7 Å². The van der Waals surface area contributed by atoms with Gasteiger partial charge in [-0.3, -0.25) is 4.79 Å². The molecule has 0 spiro atoms. The van der Waals surface area contributed by atoms with Gasteiger partial charge in [0.25, 0.3) is 0 Å². The molecule has 0 radical (unpaired) electrons. The van der Waals surface area contributed by atoms with Crippen LogP contribution in [0.15, 0.2) is 50.2 Å². The zero-order chi connectivity index (χ0) is 23.2. The number of benzene rings is 2. The van der Waals surface area contributed by atoms with Gasteiger partial charge in [0.1, 0.15) is 17.2 Å². The first-order chi connectivity index (χ1) is 15.1. The van der Waals surface area contributed by atoms with Gasteiger partial charge in [-0.05, 0) is 30.2 Å². The van der Waals surface area contributed by atoms with E-state index in [9.17, 15) is 18.3 Å². The number of hydrogen-bond acceptors (Lipinski definition) is 7. The van der Waals surface area contributed by atoms with Crippen LogP contribution in [0.2, 0.25) is 0 Å². The van der Waals surface area contributed by atoms with E-state index < -0.39 is 28.0 Å². The maximum Gasteiger partial charge on any atom is 0.322 e. The van der Waals surface area contributed by atoms with E-state index >= 15 is 0 Å². The molecule has 4 rings (SSSR count). The summed E-state index contributed by atoms with van der Waals surface area (Å²) >= 11 is 0. The number of carbonyl (C=O) groups is 1. The van der Waals surface area contributed by atoms with Crippen LogP contribution in [0.1, 0.15) is 39.5 Å². The SMILES string of the molecule is CC(C)c1nc(-c2ccc3c(c2)oc2cc(S(=O)(=O)NC(C(=O)O)C(C)C)ccc23)no1. The molecule has 4 aromatic rings. The summed E-state index contributed by atoms with van der Waals surface area (Å²) in [6.45, 7) is 7.19. The third kappa shape index (κ3) is 3.98. The minimum atomic E-state index is -4.06. The number of aliphatic carboxylic acids is 1. The summed E-state index contributed by atoms with van der Waals surface area (Å²) in [5.41, 5.74) is 1.62. The lowest BCUT2D eigenvalue weighted by Crippen LogP contribution is -2.44. The predicted octanol–water partition coefficient (Wildman–Crippen LogP) is 4.15. The number of sulfonamides is 1. The van der Waals surface area contributed by atoms with E-state index in [0.29, 0.717) is 28.4 Å². The molecule has 2 aromatic heterocycles. The minimum absolute atomic E-state index is 0.0732. The van der Waals surface area contributed by atoms with Gasteiger partial charge in [-0.15, -0.1) is 0 Å². The van der Waals surface area contributed by atoms with Crippen molar-refractivity contribution in [1.82, 2.24) is 14.9 Å². The molecule has 1 atom stereocenters. The number of nitrogens with one attached hydrogen (secondary N) is 1. The average molecular weight is 458 g/mol. The first-order valence-electron chi connectivity index (χ1n) is 10.1. The van der Waals surface area contributed by atoms with Crippen LogP contribution < -0.4 is 4.72 Å². The molecule has 1 unspecified atom stereocenters. The second kappa shape index (κ2) is 8.03. The van der Waals surface area contributed by atoms with Gasteiger partial charge in [0.2, 0.25) is 21.7 Å². The Hall–Kier alpha value is -3.24. The number of rotatable bonds is 7. The lowest BCUT2D eigenvalue weighted by molar-refractivity contribution is -0.140. The highest BCUT2D eigenvalue weighted by Gasteiger charge is 2.28. The van der Waals surface area contributed by atoms with Crippen molar-refractivity contribution in [3.63, 3.8) is 0 Å². The van der Waals surface area contributed by atoms with E-state index in [2.05, 4.69) is 14.9 Å². The molecule has 0 aliphatic heterocycles. The first kappa shape index (κ1) is 22.0. The summed E-state index contributed by atoms with van der Waals surface area (Å²) in [5.74, 6) is -0.568. The van der Waals surface area contributed by atoms with E-state index in [1.807, 2.05) is 26.0 Å². The van der Waals surface area contributed by atoms with Crippen molar-refractivity contribution in [3.05, 3.63) is 42.3 Å². The van der Waals surface area contributed by atoms with Crippen LogP contribution in [-0.2, 0) is 14.8 Å². The number of hydrogen-bond donors (Lipinski definition) is 2. The fourth-order valence-corrected chi connectivity index (χ4v) is 4.71. The number of furan rings is 1. The van der Waals surface area contributed by atoms with Crippen molar-refractivity contribution < 1.29 is 27.3 Å². The maximum absolute atomic E-state index is 12.8. The van der Waals surface area contributed by atoms with E-state index in [1.54, 1.807) is 26.0 Å². The Balaban J connectivity index is 1.72. The third-order valence-electron chi connectivity index (χ3n) is 5.16. The van der Waals surface area contributed by atoms with E-state index in [-0.39, 0.29) is 10.8 Å². The Bertz CT molecular complexity index is 1420. The maximum atomic E-state index is 12.8. The number of carboxylic acid groups (broad SMARTS) is 1. The summed E-state index contributed by atoms with van der Waals surface area (Å²) in [7, 11) is -4.06. The van der Waals surface area contributed by atoms with Crippen molar-refractivity contribution >= 4 is 37.9 Å². The molecule has 32 heavy (non-hydrogen) atoms. The minimum Gasteiger partial charge on any atom is -0.480 e. The molecule has 0 aliphatic carbocycles. The molecule has 2 aromatic carbocycles. The summed E-state index contributed by atoms with van der Waals surface area (Å²) in [5, 5.41) is 14.9. The van der Waals surface area contributed by atoms with Gasteiger partial charge in [0.05, 0.1) is 4.90 Å². The molecular formula is C22H23N3O6S. The van der Waals surface area contributed by atoms with Crippen LogP contribution >= 0.6 is 0 Å². The van der Waals surface area contributed by atoms with Gasteiger partial charge in [-0.25, -0.2) is 8.42 Å². The summed E-state index contributed by atoms with van der Waals surface area (Å²) in [4.78, 5) is 15.7. The van der Waals surface area contributed by atoms with Gasteiger partial charge in [0, 0.05) is 28.3 Å². The molecule has 2 N–H and O–H groups in total. The van der Waals surface area contributed by atoms with Crippen molar-refractivity contribution in [2.45, 2.75) is 44.6 Å². The zero-order valence-corrected chi connectivity index (χ0v) is 18.8. The highest BCUT2D eigenvalue weighted by molar-refractivity contribution is 7.89. The van der Waals surface area contributed by atoms with Crippen LogP contribution in [0.3, 0.4) is 0 Å². The predicted molar refractivity (Wildman–Crippen MR) is 118 cm³/mol. The normalized spacial score (nSPS) is 13.4. The second-order valence-electron chi connectivity index (χ2n) is 8.26. The first-order valence-corrected chi connectivity index (χ1v) is 11.6. The van der Waals surface area contributed by atoms with E-state index in [4.69, 9.17) is 8.94 Å². The van der Waals surface area contributed by atoms with E-state index in [0.717, 1.165) is 10.8 Å². The van der Waals surface area contributed by atoms with E-state index in [1.165, 1.54) is 12.1 Å². The molecular weight excluding hydrogens is 434 g/mol. The van der Waals surface area contributed by atoms with Gasteiger partial charge in [-0.2, -0.15) is 9.71 Å². The number of aromatic nitrogens is 2. The Morgan fingerprint density at radius 3 is 2.28 bits per heavy atom. The second-order valence-corrected chi connectivity index (χ2v) is 9.98.